The van der Waals surface area contributed by atoms with E-state index in [9.17, 15) is 8.78 Å². The van der Waals surface area contributed by atoms with Gasteiger partial charge in [-0.15, -0.1) is 0 Å². The molecule has 0 spiro atoms. The summed E-state index contributed by atoms with van der Waals surface area (Å²) in [6.45, 7) is 0.0808. The Morgan fingerprint density at radius 1 is 1.00 bits per heavy atom. The molecule has 2 nitrogen and oxygen atoms in total. The molecule has 0 unspecified atom stereocenters. The van der Waals surface area contributed by atoms with Crippen molar-refractivity contribution in [3.05, 3.63) is 48.0 Å². The normalized spacial score (nSPS) is 13.0. The molecule has 3 rings (SSSR count). The van der Waals surface area contributed by atoms with Gasteiger partial charge in [0.25, 0.3) is 6.43 Å². The number of hydrogen-bond donors (Lipinski definition) is 0. The van der Waals surface area contributed by atoms with Gasteiger partial charge in [-0.25, -0.2) is 8.78 Å². The Morgan fingerprint density at radius 3 is 2.37 bits per heavy atom. The lowest BCUT2D eigenvalue weighted by Gasteiger charge is -2.10. The lowest BCUT2D eigenvalue weighted by molar-refractivity contribution is 0.147. The fraction of sp³-hybridized carbons (Fsp3) is 0.143. The van der Waals surface area contributed by atoms with Crippen molar-refractivity contribution in [2.45, 2.75) is 16.2 Å². The van der Waals surface area contributed by atoms with Crippen molar-refractivity contribution in [1.82, 2.24) is 0 Å². The second-order valence-corrected chi connectivity index (χ2v) is 5.07. The quantitative estimate of drug-likeness (QED) is 0.824. The summed E-state index contributed by atoms with van der Waals surface area (Å²) in [4.78, 5) is 1.40. The van der Waals surface area contributed by atoms with E-state index in [-0.39, 0.29) is 12.4 Å². The lowest BCUT2D eigenvalue weighted by Crippen LogP contribution is -1.92. The van der Waals surface area contributed by atoms with E-state index in [0.717, 1.165) is 4.90 Å². The predicted molar refractivity (Wildman–Crippen MR) is 68.1 cm³/mol. The second kappa shape index (κ2) is 5.09. The van der Waals surface area contributed by atoms with Crippen molar-refractivity contribution in [1.29, 1.82) is 0 Å². The van der Waals surface area contributed by atoms with Crippen LogP contribution in [0.15, 0.2) is 52.3 Å². The van der Waals surface area contributed by atoms with Crippen LogP contribution in [0.5, 0.6) is 11.5 Å². The van der Waals surface area contributed by atoms with Gasteiger partial charge in [0.2, 0.25) is 6.79 Å². The maximum atomic E-state index is 13.1. The van der Waals surface area contributed by atoms with Gasteiger partial charge in [-0.2, -0.15) is 0 Å². The van der Waals surface area contributed by atoms with E-state index in [1.807, 2.05) is 30.3 Å². The van der Waals surface area contributed by atoms with Crippen molar-refractivity contribution < 1.29 is 18.3 Å². The van der Waals surface area contributed by atoms with Gasteiger partial charge >= 0.3 is 0 Å². The van der Waals surface area contributed by atoms with Crippen LogP contribution in [-0.2, 0) is 0 Å². The first-order valence-corrected chi connectivity index (χ1v) is 6.50. The van der Waals surface area contributed by atoms with Gasteiger partial charge in [0, 0.05) is 15.4 Å². The maximum absolute atomic E-state index is 13.1. The lowest BCUT2D eigenvalue weighted by atomic mass is 10.2. The minimum absolute atomic E-state index is 0.0295. The monoisotopic (exact) mass is 280 g/mol. The van der Waals surface area contributed by atoms with Crippen LogP contribution in [-0.4, -0.2) is 6.79 Å². The summed E-state index contributed by atoms with van der Waals surface area (Å²) < 4.78 is 36.5. The molecule has 0 aliphatic carbocycles. The fourth-order valence-electron chi connectivity index (χ4n) is 1.81. The highest BCUT2D eigenvalue weighted by atomic mass is 32.2. The number of fused-ring (bicyclic) bond motifs is 1. The zero-order valence-corrected chi connectivity index (χ0v) is 10.6. The second-order valence-electron chi connectivity index (χ2n) is 3.96. The summed E-state index contributed by atoms with van der Waals surface area (Å²) in [5.41, 5.74) is -0.0295. The topological polar surface area (TPSA) is 18.5 Å². The highest BCUT2D eigenvalue weighted by molar-refractivity contribution is 7.99. The standard InChI is InChI=1S/C14H10F2O2S/c15-14(16)10-6-11-12(18-8-17-11)7-13(10)19-9-4-2-1-3-5-9/h1-7,14H,8H2. The maximum Gasteiger partial charge on any atom is 0.265 e. The van der Waals surface area contributed by atoms with Crippen molar-refractivity contribution in [3.63, 3.8) is 0 Å². The molecule has 0 N–H and O–H groups in total. The van der Waals surface area contributed by atoms with Gasteiger partial charge < -0.3 is 9.47 Å². The average molecular weight is 280 g/mol. The molecule has 0 saturated carbocycles. The van der Waals surface area contributed by atoms with Crippen LogP contribution in [0.1, 0.15) is 12.0 Å². The molecule has 2 aromatic rings. The highest BCUT2D eigenvalue weighted by Crippen LogP contribution is 2.43. The van der Waals surface area contributed by atoms with Crippen LogP contribution in [0.25, 0.3) is 0 Å². The molecular formula is C14H10F2O2S. The van der Waals surface area contributed by atoms with Crippen LogP contribution in [0.3, 0.4) is 0 Å². The Balaban J connectivity index is 1.99. The first-order chi connectivity index (χ1) is 9.24. The van der Waals surface area contributed by atoms with E-state index in [2.05, 4.69) is 0 Å². The minimum atomic E-state index is -2.54. The first-order valence-electron chi connectivity index (χ1n) is 5.68. The molecule has 19 heavy (non-hydrogen) atoms. The van der Waals surface area contributed by atoms with Crippen LogP contribution in [0.2, 0.25) is 0 Å². The van der Waals surface area contributed by atoms with Crippen LogP contribution in [0, 0.1) is 0 Å². The van der Waals surface area contributed by atoms with Gasteiger partial charge in [0.1, 0.15) is 0 Å². The van der Waals surface area contributed by atoms with Gasteiger partial charge in [0.05, 0.1) is 0 Å². The molecule has 0 amide bonds. The Morgan fingerprint density at radius 2 is 1.68 bits per heavy atom. The predicted octanol–water partition coefficient (Wildman–Crippen LogP) is 4.50. The zero-order chi connectivity index (χ0) is 13.2. The van der Waals surface area contributed by atoms with Crippen LogP contribution in [0.4, 0.5) is 8.78 Å². The van der Waals surface area contributed by atoms with Crippen molar-refractivity contribution in [2.24, 2.45) is 0 Å². The molecule has 0 radical (unpaired) electrons. The van der Waals surface area contributed by atoms with Gasteiger partial charge in [-0.1, -0.05) is 30.0 Å². The largest absolute Gasteiger partial charge is 0.454 e. The summed E-state index contributed by atoms with van der Waals surface area (Å²) in [5, 5.41) is 0. The molecule has 0 aromatic heterocycles. The van der Waals surface area contributed by atoms with Crippen LogP contribution < -0.4 is 9.47 Å². The van der Waals surface area contributed by atoms with Crippen LogP contribution >= 0.6 is 11.8 Å². The number of benzene rings is 2. The summed E-state index contributed by atoms with van der Waals surface area (Å²) in [5.74, 6) is 0.899. The highest BCUT2D eigenvalue weighted by Gasteiger charge is 2.22. The molecule has 0 bridgehead atoms. The Kier molecular flexibility index (Phi) is 3.29. The molecule has 0 atom stereocenters. The molecule has 0 fully saturated rings. The summed E-state index contributed by atoms with van der Waals surface area (Å²) in [6.07, 6.45) is -2.54. The summed E-state index contributed by atoms with van der Waals surface area (Å²) in [6, 6.07) is 12.4. The SMILES string of the molecule is FC(F)c1cc2c(cc1Sc1ccccc1)OCO2. The van der Waals surface area contributed by atoms with Crippen molar-refractivity contribution >= 4 is 11.8 Å². The molecule has 98 valence electrons. The van der Waals surface area contributed by atoms with E-state index in [0.29, 0.717) is 16.4 Å². The molecule has 2 aromatic carbocycles. The fourth-order valence-corrected chi connectivity index (χ4v) is 2.79. The van der Waals surface area contributed by atoms with E-state index in [1.165, 1.54) is 17.8 Å². The molecule has 1 aliphatic rings. The van der Waals surface area contributed by atoms with Gasteiger partial charge in [-0.3, -0.25) is 0 Å². The van der Waals surface area contributed by atoms with E-state index in [4.69, 9.17) is 9.47 Å². The summed E-state index contributed by atoms with van der Waals surface area (Å²) >= 11 is 1.29. The third-order valence-electron chi connectivity index (χ3n) is 2.71. The molecule has 1 aliphatic heterocycles. The Labute approximate surface area is 113 Å². The third kappa shape index (κ3) is 2.51. The molecular weight excluding hydrogens is 270 g/mol. The molecule has 5 heteroatoms. The van der Waals surface area contributed by atoms with E-state index in [1.54, 1.807) is 6.07 Å². The number of alkyl halides is 2. The first kappa shape index (κ1) is 12.3. The Hall–Kier alpha value is -1.75. The molecule has 0 saturated heterocycles. The Bertz CT molecular complexity index is 587. The van der Waals surface area contributed by atoms with Gasteiger partial charge in [-0.05, 0) is 24.3 Å². The number of hydrogen-bond acceptors (Lipinski definition) is 3. The summed E-state index contributed by atoms with van der Waals surface area (Å²) in [7, 11) is 0. The number of halogens is 2. The van der Waals surface area contributed by atoms with Gasteiger partial charge in [0.15, 0.2) is 11.5 Å². The van der Waals surface area contributed by atoms with E-state index < -0.39 is 6.43 Å². The average Bonchev–Trinajstić information content (AvgIpc) is 2.86. The smallest absolute Gasteiger partial charge is 0.265 e. The minimum Gasteiger partial charge on any atom is -0.454 e. The van der Waals surface area contributed by atoms with Crippen molar-refractivity contribution in [3.8, 4) is 11.5 Å². The third-order valence-corrected chi connectivity index (χ3v) is 3.79. The zero-order valence-electron chi connectivity index (χ0n) is 9.81. The van der Waals surface area contributed by atoms with Crippen molar-refractivity contribution in [2.75, 3.05) is 6.79 Å². The molecule has 1 heterocycles. The number of rotatable bonds is 3. The van der Waals surface area contributed by atoms with E-state index >= 15 is 0 Å². The number of ether oxygens (including phenoxy) is 2.